The zero-order valence-corrected chi connectivity index (χ0v) is 22.1. The van der Waals surface area contributed by atoms with Crippen molar-refractivity contribution in [2.75, 3.05) is 4.90 Å². The molecule has 0 bridgehead atoms. The molecule has 4 nitrogen and oxygen atoms in total. The monoisotopic (exact) mass is 530 g/mol. The first-order chi connectivity index (χ1) is 16.3. The van der Waals surface area contributed by atoms with Gasteiger partial charge in [-0.1, -0.05) is 34.1 Å². The maximum absolute atomic E-state index is 5.92. The molecule has 172 valence electrons. The molecule has 5 rings (SSSR count). The van der Waals surface area contributed by atoms with E-state index in [0.29, 0.717) is 0 Å². The van der Waals surface area contributed by atoms with E-state index in [2.05, 4.69) is 113 Å². The Morgan fingerprint density at radius 3 is 2.41 bits per heavy atom. The van der Waals surface area contributed by atoms with Crippen LogP contribution in [0.3, 0.4) is 0 Å². The summed E-state index contributed by atoms with van der Waals surface area (Å²) in [5.74, 6) is 0. The van der Waals surface area contributed by atoms with Gasteiger partial charge in [0.05, 0.1) is 17.8 Å². The molecule has 0 aliphatic carbocycles. The second-order valence-electron chi connectivity index (χ2n) is 8.91. The number of benzene rings is 2. The Morgan fingerprint density at radius 1 is 0.882 bits per heavy atom. The number of nitrogens with one attached hydrogen (secondary N) is 1. The van der Waals surface area contributed by atoms with Gasteiger partial charge in [0, 0.05) is 33.4 Å². The van der Waals surface area contributed by atoms with Gasteiger partial charge in [-0.2, -0.15) is 0 Å². The number of aromatic nitrogens is 2. The van der Waals surface area contributed by atoms with Gasteiger partial charge in [-0.15, -0.1) is 0 Å². The summed E-state index contributed by atoms with van der Waals surface area (Å²) in [6, 6.07) is 23.2. The average molecular weight is 532 g/mol. The van der Waals surface area contributed by atoms with Crippen molar-refractivity contribution in [3.8, 4) is 5.69 Å². The minimum Gasteiger partial charge on any atom is -0.351 e. The van der Waals surface area contributed by atoms with Crippen LogP contribution in [0.5, 0.6) is 0 Å². The standard InChI is InChI=1S/C28H27BrN4S/c1-17-11-12-23(14-18(17)2)33-27(26(31-28(33)34)25-10-5-6-13-30-25)24-15-19(3)32(20(24)4)22-9-7-8-21(29)16-22/h5-16,26-27H,1-4H3,(H,31,34)/t26-,27-/m0/s1. The molecule has 1 N–H and O–H groups in total. The van der Waals surface area contributed by atoms with E-state index in [1.54, 1.807) is 0 Å². The molecule has 3 heterocycles. The van der Waals surface area contributed by atoms with E-state index in [0.717, 1.165) is 26.7 Å². The van der Waals surface area contributed by atoms with Crippen LogP contribution in [0, 0.1) is 27.7 Å². The minimum absolute atomic E-state index is 0.0309. The molecule has 1 fully saturated rings. The largest absolute Gasteiger partial charge is 0.351 e. The van der Waals surface area contributed by atoms with E-state index in [1.807, 2.05) is 18.3 Å². The molecule has 1 aliphatic rings. The van der Waals surface area contributed by atoms with Gasteiger partial charge in [-0.05, 0) is 105 Å². The van der Waals surface area contributed by atoms with Crippen LogP contribution in [-0.2, 0) is 0 Å². The Morgan fingerprint density at radius 2 is 1.71 bits per heavy atom. The highest BCUT2D eigenvalue weighted by Gasteiger charge is 2.42. The zero-order valence-electron chi connectivity index (χ0n) is 19.7. The van der Waals surface area contributed by atoms with Gasteiger partial charge in [0.1, 0.15) is 0 Å². The molecule has 6 heteroatoms. The maximum Gasteiger partial charge on any atom is 0.174 e. The molecule has 0 saturated carbocycles. The summed E-state index contributed by atoms with van der Waals surface area (Å²) in [6.07, 6.45) is 1.85. The van der Waals surface area contributed by atoms with Gasteiger partial charge in [-0.3, -0.25) is 4.98 Å². The number of pyridine rings is 1. The highest BCUT2D eigenvalue weighted by atomic mass is 79.9. The minimum atomic E-state index is -0.0632. The summed E-state index contributed by atoms with van der Waals surface area (Å²) in [7, 11) is 0. The molecule has 2 aromatic carbocycles. The molecule has 2 aromatic heterocycles. The fourth-order valence-electron chi connectivity index (χ4n) is 4.92. The van der Waals surface area contributed by atoms with Crippen LogP contribution in [0.15, 0.2) is 77.4 Å². The molecule has 1 saturated heterocycles. The first kappa shape index (κ1) is 22.8. The van der Waals surface area contributed by atoms with Crippen LogP contribution in [0.25, 0.3) is 5.69 Å². The molecule has 0 spiro atoms. The molecule has 0 amide bonds. The lowest BCUT2D eigenvalue weighted by molar-refractivity contribution is 0.565. The number of thiocarbonyl (C=S) groups is 1. The number of nitrogens with zero attached hydrogens (tertiary/aromatic N) is 3. The molecule has 2 atom stereocenters. The Labute approximate surface area is 214 Å². The molecule has 0 radical (unpaired) electrons. The number of halogens is 1. The topological polar surface area (TPSA) is 33.1 Å². The van der Waals surface area contributed by atoms with Crippen LogP contribution in [0.2, 0.25) is 0 Å². The fraction of sp³-hybridized carbons (Fsp3) is 0.214. The Balaban J connectivity index is 1.69. The van der Waals surface area contributed by atoms with Gasteiger partial charge in [0.25, 0.3) is 0 Å². The van der Waals surface area contributed by atoms with Crippen LogP contribution in [0.1, 0.15) is 45.9 Å². The number of anilines is 1. The van der Waals surface area contributed by atoms with Crippen LogP contribution >= 0.6 is 28.1 Å². The van der Waals surface area contributed by atoms with Gasteiger partial charge in [0.15, 0.2) is 5.11 Å². The van der Waals surface area contributed by atoms with Gasteiger partial charge < -0.3 is 14.8 Å². The maximum atomic E-state index is 5.92. The van der Waals surface area contributed by atoms with Crippen molar-refractivity contribution < 1.29 is 0 Å². The summed E-state index contributed by atoms with van der Waals surface area (Å²) in [5, 5.41) is 4.30. The Hall–Kier alpha value is -2.96. The second kappa shape index (κ2) is 9.01. The fourth-order valence-corrected chi connectivity index (χ4v) is 5.66. The molecular weight excluding hydrogens is 504 g/mol. The van der Waals surface area contributed by atoms with Crippen molar-refractivity contribution in [3.63, 3.8) is 0 Å². The molecule has 1 aliphatic heterocycles. The van der Waals surface area contributed by atoms with Gasteiger partial charge >= 0.3 is 0 Å². The average Bonchev–Trinajstić information content (AvgIpc) is 3.31. The number of rotatable bonds is 4. The van der Waals surface area contributed by atoms with Gasteiger partial charge in [-0.25, -0.2) is 0 Å². The van der Waals surface area contributed by atoms with Crippen LogP contribution < -0.4 is 10.2 Å². The third-order valence-electron chi connectivity index (χ3n) is 6.72. The lowest BCUT2D eigenvalue weighted by Gasteiger charge is -2.28. The molecule has 0 unspecified atom stereocenters. The second-order valence-corrected chi connectivity index (χ2v) is 10.2. The number of hydrogen-bond donors (Lipinski definition) is 1. The van der Waals surface area contributed by atoms with Crippen molar-refractivity contribution in [1.29, 1.82) is 0 Å². The van der Waals surface area contributed by atoms with E-state index in [9.17, 15) is 0 Å². The molecule has 34 heavy (non-hydrogen) atoms. The lowest BCUT2D eigenvalue weighted by Crippen LogP contribution is -2.29. The predicted molar refractivity (Wildman–Crippen MR) is 147 cm³/mol. The van der Waals surface area contributed by atoms with E-state index in [4.69, 9.17) is 17.2 Å². The smallest absolute Gasteiger partial charge is 0.174 e. The number of hydrogen-bond acceptors (Lipinski definition) is 2. The highest BCUT2D eigenvalue weighted by molar-refractivity contribution is 9.10. The Bertz CT molecular complexity index is 1380. The van der Waals surface area contributed by atoms with E-state index < -0.39 is 0 Å². The summed E-state index contributed by atoms with van der Waals surface area (Å²) < 4.78 is 3.38. The molecule has 4 aromatic rings. The zero-order chi connectivity index (χ0) is 24.0. The van der Waals surface area contributed by atoms with Gasteiger partial charge in [0.2, 0.25) is 0 Å². The highest BCUT2D eigenvalue weighted by Crippen LogP contribution is 2.44. The summed E-state index contributed by atoms with van der Waals surface area (Å²) in [6.45, 7) is 8.64. The van der Waals surface area contributed by atoms with E-state index >= 15 is 0 Å². The van der Waals surface area contributed by atoms with E-state index in [-0.39, 0.29) is 12.1 Å². The van der Waals surface area contributed by atoms with Crippen molar-refractivity contribution in [2.45, 2.75) is 39.8 Å². The third kappa shape index (κ3) is 3.95. The number of aryl methyl sites for hydroxylation is 3. The predicted octanol–water partition coefficient (Wildman–Crippen LogP) is 7.05. The third-order valence-corrected chi connectivity index (χ3v) is 7.53. The van der Waals surface area contributed by atoms with Crippen molar-refractivity contribution in [2.24, 2.45) is 0 Å². The summed E-state index contributed by atoms with van der Waals surface area (Å²) in [5.41, 5.74) is 9.34. The van der Waals surface area contributed by atoms with E-state index in [1.165, 1.54) is 28.1 Å². The van der Waals surface area contributed by atoms with Crippen LogP contribution in [0.4, 0.5) is 5.69 Å². The Kier molecular flexibility index (Phi) is 6.04. The summed E-state index contributed by atoms with van der Waals surface area (Å²) >= 11 is 9.55. The first-order valence-corrected chi connectivity index (χ1v) is 12.6. The molecular formula is C28H27BrN4S. The first-order valence-electron chi connectivity index (χ1n) is 11.4. The summed E-state index contributed by atoms with van der Waals surface area (Å²) in [4.78, 5) is 6.96. The lowest BCUT2D eigenvalue weighted by atomic mass is 9.96. The SMILES string of the molecule is Cc1ccc(N2C(=S)N[C@@H](c3ccccn3)[C@@H]2c2cc(C)n(-c3cccc(Br)c3)c2C)cc1C. The van der Waals surface area contributed by atoms with Crippen molar-refractivity contribution in [3.05, 3.63) is 111 Å². The normalized spacial score (nSPS) is 17.8. The van der Waals surface area contributed by atoms with Crippen molar-refractivity contribution >= 4 is 38.9 Å². The van der Waals surface area contributed by atoms with Crippen molar-refractivity contribution in [1.82, 2.24) is 14.9 Å². The quantitative estimate of drug-likeness (QED) is 0.286. The van der Waals surface area contributed by atoms with Crippen LogP contribution in [-0.4, -0.2) is 14.7 Å².